The van der Waals surface area contributed by atoms with Crippen LogP contribution in [0.15, 0.2) is 18.5 Å². The summed E-state index contributed by atoms with van der Waals surface area (Å²) >= 11 is 0. The van der Waals surface area contributed by atoms with E-state index in [-0.39, 0.29) is 0 Å². The van der Waals surface area contributed by atoms with Gasteiger partial charge >= 0.3 is 0 Å². The zero-order valence-corrected chi connectivity index (χ0v) is 11.0. The smallest absolute Gasteiger partial charge is 0.0641 e. The van der Waals surface area contributed by atoms with Gasteiger partial charge in [0.25, 0.3) is 0 Å². The third-order valence-corrected chi connectivity index (χ3v) is 3.39. The van der Waals surface area contributed by atoms with Crippen LogP contribution in [0.5, 0.6) is 0 Å². The number of aromatic nitrogens is 1. The van der Waals surface area contributed by atoms with Gasteiger partial charge in [0.1, 0.15) is 0 Å². The van der Waals surface area contributed by atoms with Crippen molar-refractivity contribution in [1.82, 2.24) is 9.88 Å². The van der Waals surface area contributed by atoms with Crippen molar-refractivity contribution in [2.45, 2.75) is 38.8 Å². The minimum absolute atomic E-state index is 0.568. The summed E-state index contributed by atoms with van der Waals surface area (Å²) in [6.45, 7) is 5.07. The van der Waals surface area contributed by atoms with Crippen LogP contribution in [-0.4, -0.2) is 24.8 Å². The van der Waals surface area contributed by atoms with Gasteiger partial charge in [0.15, 0.2) is 0 Å². The molecule has 0 saturated heterocycles. The third-order valence-electron chi connectivity index (χ3n) is 3.39. The molecule has 3 nitrogen and oxygen atoms in total. The topological polar surface area (TPSA) is 26.2 Å². The molecule has 0 aliphatic heterocycles. The van der Waals surface area contributed by atoms with Gasteiger partial charge in [0.05, 0.1) is 6.61 Å². The van der Waals surface area contributed by atoms with Crippen molar-refractivity contribution < 1.29 is 4.74 Å². The van der Waals surface area contributed by atoms with E-state index in [9.17, 15) is 0 Å². The second kappa shape index (κ2) is 6.22. The second-order valence-corrected chi connectivity index (χ2v) is 4.94. The number of ether oxygens (including phenoxy) is 1. The Hall–Kier alpha value is -0.800. The lowest BCUT2D eigenvalue weighted by Crippen LogP contribution is -2.23. The largest absolute Gasteiger partial charge is 0.383 e. The maximum atomic E-state index is 5.10. The summed E-state index contributed by atoms with van der Waals surface area (Å²) in [5.74, 6) is 0.861. The van der Waals surface area contributed by atoms with Crippen LogP contribution >= 0.6 is 0 Å². The van der Waals surface area contributed by atoms with E-state index in [0.717, 1.165) is 25.6 Å². The van der Waals surface area contributed by atoms with E-state index in [1.165, 1.54) is 24.8 Å². The number of rotatable bonds is 8. The van der Waals surface area contributed by atoms with E-state index in [4.69, 9.17) is 4.74 Å². The van der Waals surface area contributed by atoms with Gasteiger partial charge in [0, 0.05) is 32.1 Å². The number of nitrogens with zero attached hydrogens (tertiary/aromatic N) is 1. The Balaban J connectivity index is 1.94. The van der Waals surface area contributed by atoms with Crippen LogP contribution < -0.4 is 5.32 Å². The molecule has 1 saturated carbocycles. The molecule has 0 radical (unpaired) electrons. The fourth-order valence-electron chi connectivity index (χ4n) is 2.27. The summed E-state index contributed by atoms with van der Waals surface area (Å²) in [5.41, 5.74) is 1.44. The van der Waals surface area contributed by atoms with E-state index in [1.807, 2.05) is 0 Å². The molecular weight excluding hydrogens is 212 g/mol. The van der Waals surface area contributed by atoms with Gasteiger partial charge in [-0.1, -0.05) is 6.92 Å². The van der Waals surface area contributed by atoms with E-state index in [0.29, 0.717) is 6.04 Å². The van der Waals surface area contributed by atoms with Gasteiger partial charge in [-0.05, 0) is 43.4 Å². The molecule has 0 amide bonds. The molecule has 1 fully saturated rings. The van der Waals surface area contributed by atoms with Crippen LogP contribution in [0.2, 0.25) is 0 Å². The summed E-state index contributed by atoms with van der Waals surface area (Å²) < 4.78 is 7.33. The highest BCUT2D eigenvalue weighted by molar-refractivity contribution is 5.18. The average Bonchev–Trinajstić information content (AvgIpc) is 3.07. The quantitative estimate of drug-likeness (QED) is 0.751. The highest BCUT2D eigenvalue weighted by atomic mass is 16.5. The lowest BCUT2D eigenvalue weighted by atomic mass is 10.1. The monoisotopic (exact) mass is 236 g/mol. The van der Waals surface area contributed by atoms with Crippen molar-refractivity contribution in [2.75, 3.05) is 20.3 Å². The molecule has 3 heteroatoms. The molecule has 1 N–H and O–H groups in total. The molecule has 2 rings (SSSR count). The van der Waals surface area contributed by atoms with Crippen LogP contribution in [0, 0.1) is 5.92 Å². The standard InChI is InChI=1S/C14H24N2O/c1-3-7-15-14(12-4-5-12)13-6-8-16(11-13)9-10-17-2/h6,8,11-12,14-15H,3-5,7,9-10H2,1-2H3. The highest BCUT2D eigenvalue weighted by Gasteiger charge is 2.32. The van der Waals surface area contributed by atoms with Gasteiger partial charge < -0.3 is 14.6 Å². The van der Waals surface area contributed by atoms with Crippen LogP contribution in [0.25, 0.3) is 0 Å². The summed E-state index contributed by atoms with van der Waals surface area (Å²) in [6, 6.07) is 2.82. The molecule has 17 heavy (non-hydrogen) atoms. The summed E-state index contributed by atoms with van der Waals surface area (Å²) in [7, 11) is 1.75. The number of methoxy groups -OCH3 is 1. The lowest BCUT2D eigenvalue weighted by Gasteiger charge is -2.16. The summed E-state index contributed by atoms with van der Waals surface area (Å²) in [5, 5.41) is 3.67. The minimum Gasteiger partial charge on any atom is -0.383 e. The van der Waals surface area contributed by atoms with Crippen LogP contribution in [0.1, 0.15) is 37.8 Å². The lowest BCUT2D eigenvalue weighted by molar-refractivity contribution is 0.187. The Morgan fingerprint density at radius 3 is 3.00 bits per heavy atom. The molecule has 1 heterocycles. The fourth-order valence-corrected chi connectivity index (χ4v) is 2.27. The first-order valence-electron chi connectivity index (χ1n) is 6.73. The van der Waals surface area contributed by atoms with E-state index >= 15 is 0 Å². The zero-order valence-electron chi connectivity index (χ0n) is 11.0. The average molecular weight is 236 g/mol. The molecule has 1 atom stereocenters. The van der Waals surface area contributed by atoms with Crippen LogP contribution in [0.3, 0.4) is 0 Å². The van der Waals surface area contributed by atoms with Crippen molar-refractivity contribution in [1.29, 1.82) is 0 Å². The van der Waals surface area contributed by atoms with Crippen molar-refractivity contribution in [3.05, 3.63) is 24.0 Å². The minimum atomic E-state index is 0.568. The van der Waals surface area contributed by atoms with Crippen LogP contribution in [0.4, 0.5) is 0 Å². The zero-order chi connectivity index (χ0) is 12.1. The molecule has 0 bridgehead atoms. The maximum Gasteiger partial charge on any atom is 0.0641 e. The SMILES string of the molecule is CCCNC(c1ccn(CCOC)c1)C1CC1. The number of hydrogen-bond acceptors (Lipinski definition) is 2. The Labute approximate surface area is 104 Å². The number of hydrogen-bond donors (Lipinski definition) is 1. The van der Waals surface area contributed by atoms with Crippen LogP contribution in [-0.2, 0) is 11.3 Å². The Kier molecular flexibility index (Phi) is 4.63. The van der Waals surface area contributed by atoms with Crippen molar-refractivity contribution in [3.8, 4) is 0 Å². The normalized spacial score (nSPS) is 17.3. The maximum absolute atomic E-state index is 5.10. The third kappa shape index (κ3) is 3.58. The van der Waals surface area contributed by atoms with E-state index in [2.05, 4.69) is 35.3 Å². The summed E-state index contributed by atoms with van der Waals surface area (Å²) in [6.07, 6.45) is 8.39. The molecule has 1 aliphatic carbocycles. The predicted molar refractivity (Wildman–Crippen MR) is 70.1 cm³/mol. The molecule has 0 aromatic carbocycles. The van der Waals surface area contributed by atoms with Crippen molar-refractivity contribution in [3.63, 3.8) is 0 Å². The Morgan fingerprint density at radius 2 is 2.35 bits per heavy atom. The van der Waals surface area contributed by atoms with E-state index < -0.39 is 0 Å². The molecule has 1 unspecified atom stereocenters. The van der Waals surface area contributed by atoms with Crippen molar-refractivity contribution in [2.24, 2.45) is 5.92 Å². The number of nitrogens with one attached hydrogen (secondary N) is 1. The van der Waals surface area contributed by atoms with Gasteiger partial charge in [-0.2, -0.15) is 0 Å². The first-order valence-corrected chi connectivity index (χ1v) is 6.73. The predicted octanol–water partition coefficient (Wildman–Crippen LogP) is 2.59. The Bertz CT molecular complexity index is 331. The fraction of sp³-hybridized carbons (Fsp3) is 0.714. The first kappa shape index (κ1) is 12.7. The molecular formula is C14H24N2O. The second-order valence-electron chi connectivity index (χ2n) is 4.94. The molecule has 1 aromatic heterocycles. The molecule has 0 spiro atoms. The molecule has 1 aliphatic rings. The van der Waals surface area contributed by atoms with Crippen molar-refractivity contribution >= 4 is 0 Å². The van der Waals surface area contributed by atoms with Gasteiger partial charge in [-0.3, -0.25) is 0 Å². The Morgan fingerprint density at radius 1 is 1.53 bits per heavy atom. The van der Waals surface area contributed by atoms with Gasteiger partial charge in [0.2, 0.25) is 0 Å². The van der Waals surface area contributed by atoms with Gasteiger partial charge in [-0.15, -0.1) is 0 Å². The first-order chi connectivity index (χ1) is 8.35. The van der Waals surface area contributed by atoms with E-state index in [1.54, 1.807) is 7.11 Å². The summed E-state index contributed by atoms with van der Waals surface area (Å²) in [4.78, 5) is 0. The molecule has 1 aromatic rings. The highest BCUT2D eigenvalue weighted by Crippen LogP contribution is 2.41. The van der Waals surface area contributed by atoms with Gasteiger partial charge in [-0.25, -0.2) is 0 Å². The molecule has 96 valence electrons.